The largest absolute Gasteiger partial charge is 0.482 e. The highest BCUT2D eigenvalue weighted by molar-refractivity contribution is 6.31. The SMILES string of the molecule is Cc1cccc(NC(=O)N2CCCC(C(=O)Nc3cc(Cl)ccc3OCC(F)(F)F)C2)c1. The Balaban J connectivity index is 1.64. The van der Waals surface area contributed by atoms with E-state index in [1.807, 2.05) is 25.1 Å². The number of ether oxygens (including phenoxy) is 1. The fraction of sp³-hybridized carbons (Fsp3) is 0.364. The summed E-state index contributed by atoms with van der Waals surface area (Å²) in [6.45, 7) is 1.11. The molecule has 6 nitrogen and oxygen atoms in total. The molecule has 1 aliphatic heterocycles. The van der Waals surface area contributed by atoms with Crippen LogP contribution in [0.5, 0.6) is 5.75 Å². The van der Waals surface area contributed by atoms with Crippen LogP contribution in [0.25, 0.3) is 0 Å². The number of hydrogen-bond acceptors (Lipinski definition) is 3. The van der Waals surface area contributed by atoms with Crippen molar-refractivity contribution in [2.45, 2.75) is 25.9 Å². The molecular weight excluding hydrogens is 447 g/mol. The third kappa shape index (κ3) is 6.78. The number of aryl methyl sites for hydroxylation is 1. The normalized spacial score (nSPS) is 16.4. The quantitative estimate of drug-likeness (QED) is 0.609. The Morgan fingerprint density at radius 1 is 1.19 bits per heavy atom. The predicted octanol–water partition coefficient (Wildman–Crippen LogP) is 5.47. The van der Waals surface area contributed by atoms with E-state index in [0.29, 0.717) is 25.1 Å². The number of carbonyl (C=O) groups excluding carboxylic acids is 2. The lowest BCUT2D eigenvalue weighted by molar-refractivity contribution is -0.153. The van der Waals surface area contributed by atoms with Crippen molar-refractivity contribution >= 4 is 34.9 Å². The van der Waals surface area contributed by atoms with Crippen LogP contribution in [0.1, 0.15) is 18.4 Å². The van der Waals surface area contributed by atoms with Gasteiger partial charge in [-0.15, -0.1) is 0 Å². The van der Waals surface area contributed by atoms with Crippen LogP contribution in [-0.2, 0) is 4.79 Å². The van der Waals surface area contributed by atoms with Gasteiger partial charge < -0.3 is 20.3 Å². The first kappa shape index (κ1) is 23.7. The lowest BCUT2D eigenvalue weighted by Gasteiger charge is -2.32. The summed E-state index contributed by atoms with van der Waals surface area (Å²) < 4.78 is 42.4. The Morgan fingerprint density at radius 3 is 2.69 bits per heavy atom. The first-order valence-corrected chi connectivity index (χ1v) is 10.4. The van der Waals surface area contributed by atoms with Crippen LogP contribution >= 0.6 is 11.6 Å². The molecule has 1 aliphatic rings. The number of alkyl halides is 3. The number of anilines is 2. The highest BCUT2D eigenvalue weighted by Crippen LogP contribution is 2.31. The Labute approximate surface area is 188 Å². The minimum Gasteiger partial charge on any atom is -0.482 e. The number of benzene rings is 2. The molecule has 3 amide bonds. The Kier molecular flexibility index (Phi) is 7.50. The second kappa shape index (κ2) is 10.1. The Bertz CT molecular complexity index is 984. The van der Waals surface area contributed by atoms with Gasteiger partial charge in [0.25, 0.3) is 0 Å². The number of carbonyl (C=O) groups is 2. The van der Waals surface area contributed by atoms with E-state index in [1.54, 1.807) is 11.0 Å². The van der Waals surface area contributed by atoms with Gasteiger partial charge in [0.1, 0.15) is 5.75 Å². The van der Waals surface area contributed by atoms with Crippen LogP contribution < -0.4 is 15.4 Å². The molecule has 0 aliphatic carbocycles. The molecule has 0 saturated carbocycles. The number of amides is 3. The van der Waals surface area contributed by atoms with E-state index in [1.165, 1.54) is 18.2 Å². The molecule has 1 atom stereocenters. The molecular formula is C22H23ClF3N3O3. The summed E-state index contributed by atoms with van der Waals surface area (Å²) in [5, 5.41) is 5.66. The second-order valence-electron chi connectivity index (χ2n) is 7.62. The number of nitrogens with one attached hydrogen (secondary N) is 2. The monoisotopic (exact) mass is 469 g/mol. The predicted molar refractivity (Wildman–Crippen MR) is 116 cm³/mol. The van der Waals surface area contributed by atoms with Gasteiger partial charge in [0.05, 0.1) is 11.6 Å². The third-order valence-electron chi connectivity index (χ3n) is 4.94. The molecule has 1 unspecified atom stereocenters. The van der Waals surface area contributed by atoms with Crippen molar-refractivity contribution in [2.75, 3.05) is 30.3 Å². The highest BCUT2D eigenvalue weighted by Gasteiger charge is 2.31. The maximum atomic E-state index is 12.8. The smallest absolute Gasteiger partial charge is 0.422 e. The van der Waals surface area contributed by atoms with Gasteiger partial charge in [0, 0.05) is 23.8 Å². The van der Waals surface area contributed by atoms with Crippen LogP contribution in [0.4, 0.5) is 29.3 Å². The number of rotatable bonds is 5. The standard InChI is InChI=1S/C22H23ClF3N3O3/c1-14-4-2-6-17(10-14)27-21(31)29-9-3-5-15(12-29)20(30)28-18-11-16(23)7-8-19(18)32-13-22(24,25)26/h2,4,6-8,10-11,15H,3,5,9,12-13H2,1H3,(H,27,31)(H,28,30). The average molecular weight is 470 g/mol. The fourth-order valence-electron chi connectivity index (χ4n) is 3.42. The van der Waals surface area contributed by atoms with E-state index in [0.717, 1.165) is 5.56 Å². The molecule has 1 saturated heterocycles. The van der Waals surface area contributed by atoms with Crippen molar-refractivity contribution in [1.29, 1.82) is 0 Å². The van der Waals surface area contributed by atoms with Crippen LogP contribution in [-0.4, -0.2) is 42.7 Å². The van der Waals surface area contributed by atoms with Gasteiger partial charge in [0.2, 0.25) is 5.91 Å². The number of hydrogen-bond donors (Lipinski definition) is 2. The maximum absolute atomic E-state index is 12.8. The van der Waals surface area contributed by atoms with Gasteiger partial charge in [-0.05, 0) is 55.7 Å². The topological polar surface area (TPSA) is 70.7 Å². The zero-order valence-corrected chi connectivity index (χ0v) is 18.1. The molecule has 1 fully saturated rings. The lowest BCUT2D eigenvalue weighted by Crippen LogP contribution is -2.45. The third-order valence-corrected chi connectivity index (χ3v) is 5.17. The molecule has 0 aromatic heterocycles. The molecule has 3 rings (SSSR count). The van der Waals surface area contributed by atoms with E-state index in [-0.39, 0.29) is 29.0 Å². The van der Waals surface area contributed by atoms with Gasteiger partial charge in [-0.25, -0.2) is 4.79 Å². The van der Waals surface area contributed by atoms with Crippen molar-refractivity contribution in [3.8, 4) is 5.75 Å². The Morgan fingerprint density at radius 2 is 1.97 bits per heavy atom. The summed E-state index contributed by atoms with van der Waals surface area (Å²) in [6.07, 6.45) is -3.36. The summed E-state index contributed by atoms with van der Waals surface area (Å²) in [7, 11) is 0. The van der Waals surface area contributed by atoms with Crippen LogP contribution in [0.15, 0.2) is 42.5 Å². The second-order valence-corrected chi connectivity index (χ2v) is 8.05. The number of nitrogens with zero attached hydrogens (tertiary/aromatic N) is 1. The summed E-state index contributed by atoms with van der Waals surface area (Å²) >= 11 is 5.94. The van der Waals surface area contributed by atoms with Crippen LogP contribution in [0.3, 0.4) is 0 Å². The minimum atomic E-state index is -4.52. The van der Waals surface area contributed by atoms with Crippen molar-refractivity contribution < 1.29 is 27.5 Å². The first-order valence-electron chi connectivity index (χ1n) is 10.0. The summed E-state index contributed by atoms with van der Waals surface area (Å²) in [4.78, 5) is 27.0. The van der Waals surface area contributed by atoms with E-state index >= 15 is 0 Å². The summed E-state index contributed by atoms with van der Waals surface area (Å²) in [5.74, 6) is -1.08. The van der Waals surface area contributed by atoms with Crippen molar-refractivity contribution in [3.63, 3.8) is 0 Å². The van der Waals surface area contributed by atoms with Crippen molar-refractivity contribution in [2.24, 2.45) is 5.92 Å². The minimum absolute atomic E-state index is 0.0492. The molecule has 32 heavy (non-hydrogen) atoms. The molecule has 2 aromatic carbocycles. The van der Waals surface area contributed by atoms with Gasteiger partial charge in [-0.2, -0.15) is 13.2 Å². The Hall–Kier alpha value is -2.94. The van der Waals surface area contributed by atoms with E-state index in [4.69, 9.17) is 16.3 Å². The fourth-order valence-corrected chi connectivity index (χ4v) is 3.59. The number of urea groups is 1. The molecule has 0 bridgehead atoms. The zero-order chi connectivity index (χ0) is 23.3. The first-order chi connectivity index (χ1) is 15.1. The lowest BCUT2D eigenvalue weighted by atomic mass is 9.97. The molecule has 2 aromatic rings. The molecule has 10 heteroatoms. The van der Waals surface area contributed by atoms with Crippen molar-refractivity contribution in [1.82, 2.24) is 4.90 Å². The van der Waals surface area contributed by atoms with Gasteiger partial charge in [-0.3, -0.25) is 4.79 Å². The molecule has 0 spiro atoms. The van der Waals surface area contributed by atoms with Crippen molar-refractivity contribution in [3.05, 3.63) is 53.1 Å². The molecule has 172 valence electrons. The van der Waals surface area contributed by atoms with Gasteiger partial charge in [0.15, 0.2) is 6.61 Å². The summed E-state index contributed by atoms with van der Waals surface area (Å²) in [5.41, 5.74) is 1.71. The summed E-state index contributed by atoms with van der Waals surface area (Å²) in [6, 6.07) is 11.0. The van der Waals surface area contributed by atoms with E-state index in [9.17, 15) is 22.8 Å². The van der Waals surface area contributed by atoms with E-state index < -0.39 is 24.6 Å². The molecule has 2 N–H and O–H groups in total. The number of piperidine rings is 1. The molecule has 1 heterocycles. The number of likely N-dealkylation sites (tertiary alicyclic amines) is 1. The molecule has 0 radical (unpaired) electrons. The average Bonchev–Trinajstić information content (AvgIpc) is 2.72. The van der Waals surface area contributed by atoms with Gasteiger partial charge in [-0.1, -0.05) is 23.7 Å². The van der Waals surface area contributed by atoms with E-state index in [2.05, 4.69) is 10.6 Å². The van der Waals surface area contributed by atoms with Crippen LogP contribution in [0, 0.1) is 12.8 Å². The maximum Gasteiger partial charge on any atom is 0.422 e. The zero-order valence-electron chi connectivity index (χ0n) is 17.3. The van der Waals surface area contributed by atoms with Gasteiger partial charge >= 0.3 is 12.2 Å². The number of halogens is 4. The van der Waals surface area contributed by atoms with Crippen LogP contribution in [0.2, 0.25) is 5.02 Å². The highest BCUT2D eigenvalue weighted by atomic mass is 35.5.